The molecule has 6 heteroatoms. The molecule has 0 atom stereocenters. The van der Waals surface area contributed by atoms with Crippen molar-refractivity contribution >= 4 is 23.4 Å². The lowest BCUT2D eigenvalue weighted by Crippen LogP contribution is -2.35. The Morgan fingerprint density at radius 3 is 2.85 bits per heavy atom. The van der Waals surface area contributed by atoms with E-state index in [1.807, 2.05) is 24.9 Å². The average Bonchev–Trinajstić information content (AvgIpc) is 2.92. The number of aryl methyl sites for hydroxylation is 2. The van der Waals surface area contributed by atoms with E-state index in [0.717, 1.165) is 55.9 Å². The van der Waals surface area contributed by atoms with Gasteiger partial charge in [-0.05, 0) is 36.1 Å². The van der Waals surface area contributed by atoms with Crippen LogP contribution in [0.25, 0.3) is 11.0 Å². The molecule has 0 radical (unpaired) electrons. The SMILES string of the molecule is Cc1nn(C)c2ncc(CNCCN3CCc4ccccc4C3)cc12.Cl. The lowest BCUT2D eigenvalue weighted by atomic mass is 10.00. The van der Waals surface area contributed by atoms with Gasteiger partial charge in [-0.25, -0.2) is 4.98 Å². The quantitative estimate of drug-likeness (QED) is 0.700. The van der Waals surface area contributed by atoms with Gasteiger partial charge >= 0.3 is 0 Å². The monoisotopic (exact) mass is 371 g/mol. The van der Waals surface area contributed by atoms with Crippen LogP contribution >= 0.6 is 12.4 Å². The van der Waals surface area contributed by atoms with E-state index in [1.54, 1.807) is 0 Å². The Kier molecular flexibility index (Phi) is 5.91. The molecule has 1 N–H and O–H groups in total. The zero-order chi connectivity index (χ0) is 17.2. The minimum absolute atomic E-state index is 0. The lowest BCUT2D eigenvalue weighted by molar-refractivity contribution is 0.254. The van der Waals surface area contributed by atoms with Crippen molar-refractivity contribution in [3.8, 4) is 0 Å². The predicted molar refractivity (Wildman–Crippen MR) is 108 cm³/mol. The molecule has 0 saturated carbocycles. The van der Waals surface area contributed by atoms with Gasteiger partial charge in [0, 0.05) is 51.4 Å². The lowest BCUT2D eigenvalue weighted by Gasteiger charge is -2.28. The van der Waals surface area contributed by atoms with Crippen LogP contribution in [0.1, 0.15) is 22.4 Å². The number of benzene rings is 1. The molecule has 3 aromatic rings. The highest BCUT2D eigenvalue weighted by atomic mass is 35.5. The number of aromatic nitrogens is 3. The van der Waals surface area contributed by atoms with Crippen molar-refractivity contribution < 1.29 is 0 Å². The summed E-state index contributed by atoms with van der Waals surface area (Å²) in [6.07, 6.45) is 3.12. The molecule has 2 aromatic heterocycles. The van der Waals surface area contributed by atoms with Gasteiger partial charge < -0.3 is 5.32 Å². The van der Waals surface area contributed by atoms with Crippen LogP contribution in [-0.4, -0.2) is 39.3 Å². The Morgan fingerprint density at radius 1 is 1.19 bits per heavy atom. The third-order valence-electron chi connectivity index (χ3n) is 5.06. The molecule has 1 aliphatic rings. The van der Waals surface area contributed by atoms with Crippen LogP contribution in [0.15, 0.2) is 36.5 Å². The molecule has 0 spiro atoms. The maximum Gasteiger partial charge on any atom is 0.157 e. The molecule has 0 fully saturated rings. The number of rotatable bonds is 5. The van der Waals surface area contributed by atoms with Crippen molar-refractivity contribution in [2.75, 3.05) is 19.6 Å². The molecular formula is C20H26ClN5. The number of nitrogens with zero attached hydrogens (tertiary/aromatic N) is 4. The number of nitrogens with one attached hydrogen (secondary N) is 1. The van der Waals surface area contributed by atoms with E-state index in [4.69, 9.17) is 0 Å². The summed E-state index contributed by atoms with van der Waals surface area (Å²) in [5.74, 6) is 0. The largest absolute Gasteiger partial charge is 0.311 e. The van der Waals surface area contributed by atoms with Crippen molar-refractivity contribution in [3.05, 3.63) is 58.9 Å². The number of hydrogen-bond donors (Lipinski definition) is 1. The van der Waals surface area contributed by atoms with Crippen LogP contribution < -0.4 is 5.32 Å². The fourth-order valence-corrected chi connectivity index (χ4v) is 3.66. The van der Waals surface area contributed by atoms with Gasteiger partial charge in [-0.3, -0.25) is 9.58 Å². The molecule has 5 nitrogen and oxygen atoms in total. The fraction of sp³-hybridized carbons (Fsp3) is 0.400. The van der Waals surface area contributed by atoms with Gasteiger partial charge in [0.15, 0.2) is 5.65 Å². The van der Waals surface area contributed by atoms with Crippen LogP contribution in [0.3, 0.4) is 0 Å². The number of pyridine rings is 1. The number of fused-ring (bicyclic) bond motifs is 2. The summed E-state index contributed by atoms with van der Waals surface area (Å²) in [4.78, 5) is 7.07. The fourth-order valence-electron chi connectivity index (χ4n) is 3.66. The molecular weight excluding hydrogens is 346 g/mol. The number of hydrogen-bond acceptors (Lipinski definition) is 4. The topological polar surface area (TPSA) is 46.0 Å². The molecule has 1 aliphatic heterocycles. The van der Waals surface area contributed by atoms with Crippen LogP contribution in [0.5, 0.6) is 0 Å². The standard InChI is InChI=1S/C20H25N5.ClH/c1-15-19-11-16(13-22-20(19)24(2)23-15)12-21-8-10-25-9-7-17-5-3-4-6-18(17)14-25;/h3-6,11,13,21H,7-10,12,14H2,1-2H3;1H. The van der Waals surface area contributed by atoms with Crippen LogP contribution in [0, 0.1) is 6.92 Å². The van der Waals surface area contributed by atoms with Crippen molar-refractivity contribution in [3.63, 3.8) is 0 Å². The van der Waals surface area contributed by atoms with E-state index in [2.05, 4.69) is 50.6 Å². The molecule has 4 rings (SSSR count). The summed E-state index contributed by atoms with van der Waals surface area (Å²) < 4.78 is 1.84. The third kappa shape index (κ3) is 3.90. The van der Waals surface area contributed by atoms with Gasteiger partial charge in [0.25, 0.3) is 0 Å². The molecule has 3 heterocycles. The summed E-state index contributed by atoms with van der Waals surface area (Å²) in [6.45, 7) is 7.18. The van der Waals surface area contributed by atoms with Gasteiger partial charge in [-0.2, -0.15) is 5.10 Å². The van der Waals surface area contributed by atoms with Crippen molar-refractivity contribution in [2.45, 2.75) is 26.4 Å². The molecule has 1 aromatic carbocycles. The van der Waals surface area contributed by atoms with Gasteiger partial charge in [0.2, 0.25) is 0 Å². The summed E-state index contributed by atoms with van der Waals surface area (Å²) in [6, 6.07) is 11.0. The van der Waals surface area contributed by atoms with E-state index >= 15 is 0 Å². The second-order valence-electron chi connectivity index (χ2n) is 6.90. The molecule has 0 bridgehead atoms. The van der Waals surface area contributed by atoms with E-state index in [9.17, 15) is 0 Å². The molecule has 26 heavy (non-hydrogen) atoms. The number of halogens is 1. The zero-order valence-electron chi connectivity index (χ0n) is 15.4. The zero-order valence-corrected chi connectivity index (χ0v) is 16.2. The van der Waals surface area contributed by atoms with Crippen LogP contribution in [0.4, 0.5) is 0 Å². The maximum atomic E-state index is 4.55. The maximum absolute atomic E-state index is 4.55. The van der Waals surface area contributed by atoms with Gasteiger partial charge in [0.1, 0.15) is 0 Å². The molecule has 138 valence electrons. The average molecular weight is 372 g/mol. The van der Waals surface area contributed by atoms with Gasteiger partial charge in [-0.15, -0.1) is 12.4 Å². The highest BCUT2D eigenvalue weighted by Crippen LogP contribution is 2.18. The second-order valence-corrected chi connectivity index (χ2v) is 6.90. The van der Waals surface area contributed by atoms with E-state index < -0.39 is 0 Å². The van der Waals surface area contributed by atoms with E-state index in [0.29, 0.717) is 0 Å². The smallest absolute Gasteiger partial charge is 0.157 e. The summed E-state index contributed by atoms with van der Waals surface area (Å²) >= 11 is 0. The first-order valence-corrected chi connectivity index (χ1v) is 8.99. The molecule has 0 aliphatic carbocycles. The Morgan fingerprint density at radius 2 is 2.00 bits per heavy atom. The van der Waals surface area contributed by atoms with Gasteiger partial charge in [-0.1, -0.05) is 24.3 Å². The minimum atomic E-state index is 0. The summed E-state index contributed by atoms with van der Waals surface area (Å²) in [5.41, 5.74) is 6.20. The van der Waals surface area contributed by atoms with Gasteiger partial charge in [0.05, 0.1) is 5.69 Å². The van der Waals surface area contributed by atoms with E-state index in [-0.39, 0.29) is 12.4 Å². The van der Waals surface area contributed by atoms with Crippen molar-refractivity contribution in [2.24, 2.45) is 7.05 Å². The van der Waals surface area contributed by atoms with Crippen molar-refractivity contribution in [1.29, 1.82) is 0 Å². The molecule has 0 unspecified atom stereocenters. The summed E-state index contributed by atoms with van der Waals surface area (Å²) in [7, 11) is 1.94. The minimum Gasteiger partial charge on any atom is -0.311 e. The second kappa shape index (κ2) is 8.16. The van der Waals surface area contributed by atoms with E-state index in [1.165, 1.54) is 16.7 Å². The first-order chi connectivity index (χ1) is 12.2. The Bertz CT molecular complexity index is 889. The molecule has 0 saturated heterocycles. The predicted octanol–water partition coefficient (Wildman–Crippen LogP) is 2.85. The normalized spacial score (nSPS) is 14.2. The Balaban J connectivity index is 0.00000196. The Labute approximate surface area is 160 Å². The van der Waals surface area contributed by atoms with Crippen molar-refractivity contribution in [1.82, 2.24) is 25.0 Å². The molecule has 0 amide bonds. The summed E-state index contributed by atoms with van der Waals surface area (Å²) in [5, 5.41) is 9.14. The highest BCUT2D eigenvalue weighted by molar-refractivity contribution is 5.85. The Hall–Kier alpha value is -1.95. The van der Waals surface area contributed by atoms with Crippen LogP contribution in [-0.2, 0) is 26.6 Å². The first-order valence-electron chi connectivity index (χ1n) is 8.99. The first kappa shape index (κ1) is 18.8. The third-order valence-corrected chi connectivity index (χ3v) is 5.06. The van der Waals surface area contributed by atoms with Crippen LogP contribution in [0.2, 0.25) is 0 Å². The highest BCUT2D eigenvalue weighted by Gasteiger charge is 2.14.